The molecule has 0 radical (unpaired) electrons. The smallest absolute Gasteiger partial charge is 0.323 e. The topological polar surface area (TPSA) is 78.5 Å². The number of amides is 2. The molecule has 1 heterocycles. The van der Waals surface area contributed by atoms with Gasteiger partial charge in [0.1, 0.15) is 22.6 Å². The molecule has 2 aromatic carbocycles. The Bertz CT molecular complexity index is 885. The van der Waals surface area contributed by atoms with Crippen LogP contribution in [-0.2, 0) is 0 Å². The van der Waals surface area contributed by atoms with E-state index in [2.05, 4.69) is 5.32 Å². The summed E-state index contributed by atoms with van der Waals surface area (Å²) < 4.78 is 26.9. The predicted molar refractivity (Wildman–Crippen MR) is 117 cm³/mol. The number of carbonyl (C=O) groups excluding carboxylic acids is 1. The minimum atomic E-state index is -0.229. The highest BCUT2D eigenvalue weighted by atomic mass is 32.2. The molecule has 3 rings (SSSR count). The third kappa shape index (κ3) is 4.46. The van der Waals surface area contributed by atoms with Crippen LogP contribution in [0, 0.1) is 0 Å². The van der Waals surface area contributed by atoms with Crippen LogP contribution < -0.4 is 29.0 Å². The average Bonchev–Trinajstić information content (AvgIpc) is 3.27. The average molecular weight is 435 g/mol. The molecule has 162 valence electrons. The Balaban J connectivity index is 1.88. The summed E-state index contributed by atoms with van der Waals surface area (Å²) in [6, 6.07) is 8.65. The number of nitrogens with zero attached hydrogens (tertiary/aromatic N) is 1. The Kier molecular flexibility index (Phi) is 7.04. The molecule has 0 aliphatic carbocycles. The number of rotatable bonds is 7. The van der Waals surface area contributed by atoms with Crippen molar-refractivity contribution in [2.45, 2.75) is 5.37 Å². The lowest BCUT2D eigenvalue weighted by Gasteiger charge is -2.26. The van der Waals surface area contributed by atoms with Crippen LogP contribution in [0.1, 0.15) is 10.9 Å². The first kappa shape index (κ1) is 21.8. The highest BCUT2D eigenvalue weighted by Crippen LogP contribution is 2.46. The van der Waals surface area contributed by atoms with E-state index in [1.807, 2.05) is 6.07 Å². The van der Waals surface area contributed by atoms with Gasteiger partial charge in [0, 0.05) is 47.8 Å². The van der Waals surface area contributed by atoms with Gasteiger partial charge >= 0.3 is 6.03 Å². The zero-order chi connectivity index (χ0) is 21.7. The lowest BCUT2D eigenvalue weighted by Crippen LogP contribution is -2.34. The number of urea groups is 1. The van der Waals surface area contributed by atoms with E-state index in [0.717, 1.165) is 11.3 Å². The van der Waals surface area contributed by atoms with Crippen LogP contribution >= 0.6 is 11.8 Å². The molecule has 30 heavy (non-hydrogen) atoms. The molecular weight excluding hydrogens is 408 g/mol. The van der Waals surface area contributed by atoms with Gasteiger partial charge in [-0.2, -0.15) is 0 Å². The molecule has 1 saturated heterocycles. The Labute approximate surface area is 180 Å². The summed E-state index contributed by atoms with van der Waals surface area (Å²) >= 11 is 1.66. The normalized spacial score (nSPS) is 15.5. The second kappa shape index (κ2) is 9.71. The zero-order valence-corrected chi connectivity index (χ0v) is 18.5. The molecule has 0 spiro atoms. The van der Waals surface area contributed by atoms with Crippen LogP contribution in [0.2, 0.25) is 0 Å². The number of anilines is 1. The van der Waals surface area contributed by atoms with Crippen LogP contribution in [-0.4, -0.2) is 58.8 Å². The highest BCUT2D eigenvalue weighted by Gasteiger charge is 2.34. The molecule has 2 aromatic rings. The van der Waals surface area contributed by atoms with Gasteiger partial charge in [-0.3, -0.25) is 0 Å². The Hall–Kier alpha value is -2.94. The number of methoxy groups -OCH3 is 5. The molecule has 0 saturated carbocycles. The summed E-state index contributed by atoms with van der Waals surface area (Å²) in [5.74, 6) is 3.78. The quantitative estimate of drug-likeness (QED) is 0.705. The summed E-state index contributed by atoms with van der Waals surface area (Å²) in [5, 5.41) is 2.71. The molecule has 1 aliphatic rings. The Morgan fingerprint density at radius 1 is 0.867 bits per heavy atom. The fraction of sp³-hybridized carbons (Fsp3) is 0.381. The van der Waals surface area contributed by atoms with Crippen molar-refractivity contribution in [2.75, 3.05) is 53.2 Å². The number of carbonyl (C=O) groups is 1. The van der Waals surface area contributed by atoms with E-state index in [4.69, 9.17) is 23.7 Å². The summed E-state index contributed by atoms with van der Waals surface area (Å²) in [6.45, 7) is 0.597. The summed E-state index contributed by atoms with van der Waals surface area (Å²) in [5.41, 5.74) is 1.43. The second-order valence-corrected chi connectivity index (χ2v) is 7.59. The number of hydrogen-bond acceptors (Lipinski definition) is 7. The zero-order valence-electron chi connectivity index (χ0n) is 17.7. The van der Waals surface area contributed by atoms with E-state index in [9.17, 15) is 4.79 Å². The maximum Gasteiger partial charge on any atom is 0.323 e. The molecule has 1 N–H and O–H groups in total. The fourth-order valence-electron chi connectivity index (χ4n) is 3.26. The van der Waals surface area contributed by atoms with E-state index >= 15 is 0 Å². The molecule has 8 nitrogen and oxygen atoms in total. The molecule has 1 unspecified atom stereocenters. The molecule has 1 aliphatic heterocycles. The van der Waals surface area contributed by atoms with E-state index in [1.165, 1.54) is 0 Å². The first-order valence-electron chi connectivity index (χ1n) is 9.26. The molecular formula is C21H26N2O6S. The first-order valence-corrected chi connectivity index (χ1v) is 10.3. The maximum absolute atomic E-state index is 13.1. The van der Waals surface area contributed by atoms with E-state index in [0.29, 0.717) is 41.0 Å². The maximum atomic E-state index is 13.1. The molecule has 0 bridgehead atoms. The van der Waals surface area contributed by atoms with Crippen molar-refractivity contribution < 1.29 is 28.5 Å². The van der Waals surface area contributed by atoms with E-state index in [-0.39, 0.29) is 11.4 Å². The number of nitrogens with one attached hydrogen (secondary N) is 1. The van der Waals surface area contributed by atoms with Crippen molar-refractivity contribution in [3.05, 3.63) is 35.9 Å². The van der Waals surface area contributed by atoms with Crippen molar-refractivity contribution >= 4 is 23.5 Å². The number of hydrogen-bond donors (Lipinski definition) is 1. The summed E-state index contributed by atoms with van der Waals surface area (Å²) in [6.07, 6.45) is 0. The number of benzene rings is 2. The minimum absolute atomic E-state index is 0.225. The molecule has 0 aromatic heterocycles. The summed E-state index contributed by atoms with van der Waals surface area (Å²) in [7, 11) is 7.88. The molecule has 2 amide bonds. The van der Waals surface area contributed by atoms with Crippen molar-refractivity contribution in [1.82, 2.24) is 4.90 Å². The lowest BCUT2D eigenvalue weighted by atomic mass is 10.1. The first-order chi connectivity index (χ1) is 14.5. The van der Waals surface area contributed by atoms with Gasteiger partial charge in [-0.1, -0.05) is 0 Å². The Morgan fingerprint density at radius 3 is 2.03 bits per heavy atom. The Morgan fingerprint density at radius 2 is 1.47 bits per heavy atom. The highest BCUT2D eigenvalue weighted by molar-refractivity contribution is 7.99. The standard InChI is InChI=1S/C21H26N2O6S/c1-25-14-8-13(9-15(10-14)26-2)22-21(24)23-6-7-30-20(23)16-11-18(28-4)19(29-5)12-17(16)27-3/h8-12,20H,6-7H2,1-5H3,(H,22,24). The third-order valence-corrected chi connectivity index (χ3v) is 6.00. The van der Waals surface area contributed by atoms with Crippen molar-refractivity contribution in [1.29, 1.82) is 0 Å². The van der Waals surface area contributed by atoms with Crippen molar-refractivity contribution in [2.24, 2.45) is 0 Å². The van der Waals surface area contributed by atoms with Gasteiger partial charge in [0.25, 0.3) is 0 Å². The van der Waals surface area contributed by atoms with Gasteiger partial charge in [0.05, 0.1) is 35.5 Å². The fourth-order valence-corrected chi connectivity index (χ4v) is 4.53. The monoisotopic (exact) mass is 434 g/mol. The van der Waals surface area contributed by atoms with Gasteiger partial charge < -0.3 is 33.9 Å². The van der Waals surface area contributed by atoms with E-state index < -0.39 is 0 Å². The van der Waals surface area contributed by atoms with Gasteiger partial charge in [0.2, 0.25) is 0 Å². The van der Waals surface area contributed by atoms with Gasteiger partial charge in [-0.25, -0.2) is 4.79 Å². The van der Waals surface area contributed by atoms with Crippen LogP contribution in [0.15, 0.2) is 30.3 Å². The van der Waals surface area contributed by atoms with Crippen LogP contribution in [0.25, 0.3) is 0 Å². The summed E-state index contributed by atoms with van der Waals surface area (Å²) in [4.78, 5) is 14.9. The van der Waals surface area contributed by atoms with Crippen molar-refractivity contribution in [3.63, 3.8) is 0 Å². The lowest BCUT2D eigenvalue weighted by molar-refractivity contribution is 0.213. The van der Waals surface area contributed by atoms with Crippen LogP contribution in [0.5, 0.6) is 28.7 Å². The molecule has 9 heteroatoms. The SMILES string of the molecule is COc1cc(NC(=O)N2CCSC2c2cc(OC)c(OC)cc2OC)cc(OC)c1. The third-order valence-electron chi connectivity index (χ3n) is 4.76. The largest absolute Gasteiger partial charge is 0.497 e. The molecule has 1 atom stereocenters. The van der Waals surface area contributed by atoms with Gasteiger partial charge in [-0.15, -0.1) is 11.8 Å². The number of thioether (sulfide) groups is 1. The van der Waals surface area contributed by atoms with Crippen LogP contribution in [0.4, 0.5) is 10.5 Å². The van der Waals surface area contributed by atoms with Gasteiger partial charge in [0.15, 0.2) is 11.5 Å². The van der Waals surface area contributed by atoms with Crippen molar-refractivity contribution in [3.8, 4) is 28.7 Å². The van der Waals surface area contributed by atoms with E-state index in [1.54, 1.807) is 76.5 Å². The second-order valence-electron chi connectivity index (χ2n) is 6.40. The number of ether oxygens (including phenoxy) is 5. The van der Waals surface area contributed by atoms with Gasteiger partial charge in [-0.05, 0) is 6.07 Å². The molecule has 1 fully saturated rings. The minimum Gasteiger partial charge on any atom is -0.497 e. The predicted octanol–water partition coefficient (Wildman–Crippen LogP) is 4.01. The van der Waals surface area contributed by atoms with Crippen LogP contribution in [0.3, 0.4) is 0 Å².